The molecule has 4 heteroatoms. The zero-order chi connectivity index (χ0) is 10.6. The van der Waals surface area contributed by atoms with Gasteiger partial charge in [-0.3, -0.25) is 0 Å². The fourth-order valence-corrected chi connectivity index (χ4v) is 1.53. The van der Waals surface area contributed by atoms with Gasteiger partial charge in [-0.15, -0.1) is 0 Å². The van der Waals surface area contributed by atoms with Gasteiger partial charge in [-0.25, -0.2) is 4.79 Å². The largest absolute Gasteiger partial charge is 0.337 e. The van der Waals surface area contributed by atoms with Crippen LogP contribution in [-0.4, -0.2) is 30.7 Å². The quantitative estimate of drug-likeness (QED) is 0.617. The molecule has 0 aliphatic carbocycles. The summed E-state index contributed by atoms with van der Waals surface area (Å²) in [7, 11) is 0. The molecule has 82 valence electrons. The highest BCUT2D eigenvalue weighted by Crippen LogP contribution is 2.03. The first kappa shape index (κ1) is 11.3. The Labute approximate surface area is 85.8 Å². The number of hydrogen-bond donors (Lipinski definition) is 3. The lowest BCUT2D eigenvalue weighted by atomic mass is 10.1. The van der Waals surface area contributed by atoms with Crippen LogP contribution in [0.4, 0.5) is 4.79 Å². The Morgan fingerprint density at radius 1 is 1.50 bits per heavy atom. The van der Waals surface area contributed by atoms with Crippen molar-refractivity contribution in [3.8, 4) is 0 Å². The SMILES string of the molecule is CC(C)(C)NC(=O)NC[C@H]1CCCN1. The molecular weight excluding hydrogens is 178 g/mol. The number of carbonyl (C=O) groups excluding carboxylic acids is 1. The van der Waals surface area contributed by atoms with Gasteiger partial charge in [-0.1, -0.05) is 0 Å². The molecule has 0 aromatic heterocycles. The van der Waals surface area contributed by atoms with Crippen LogP contribution in [0.15, 0.2) is 0 Å². The van der Waals surface area contributed by atoms with Gasteiger partial charge >= 0.3 is 6.03 Å². The van der Waals surface area contributed by atoms with E-state index in [9.17, 15) is 4.79 Å². The fraction of sp³-hybridized carbons (Fsp3) is 0.900. The molecule has 3 N–H and O–H groups in total. The van der Waals surface area contributed by atoms with Crippen molar-refractivity contribution in [2.45, 2.75) is 45.2 Å². The van der Waals surface area contributed by atoms with E-state index in [-0.39, 0.29) is 11.6 Å². The summed E-state index contributed by atoms with van der Waals surface area (Å²) >= 11 is 0. The van der Waals surface area contributed by atoms with Gasteiger partial charge < -0.3 is 16.0 Å². The molecule has 1 saturated heterocycles. The first-order valence-corrected chi connectivity index (χ1v) is 5.27. The maximum atomic E-state index is 11.4. The third kappa shape index (κ3) is 4.46. The molecule has 14 heavy (non-hydrogen) atoms. The first-order valence-electron chi connectivity index (χ1n) is 5.27. The lowest BCUT2D eigenvalue weighted by molar-refractivity contribution is 0.231. The molecule has 1 rings (SSSR count). The summed E-state index contributed by atoms with van der Waals surface area (Å²) in [6.07, 6.45) is 2.38. The Bertz CT molecular complexity index is 192. The molecule has 0 spiro atoms. The smallest absolute Gasteiger partial charge is 0.315 e. The molecule has 1 atom stereocenters. The summed E-state index contributed by atoms with van der Waals surface area (Å²) in [5.41, 5.74) is -0.160. The predicted molar refractivity (Wildman–Crippen MR) is 57.3 cm³/mol. The van der Waals surface area contributed by atoms with Crippen LogP contribution in [0.2, 0.25) is 0 Å². The van der Waals surface area contributed by atoms with E-state index < -0.39 is 0 Å². The van der Waals surface area contributed by atoms with Crippen LogP contribution < -0.4 is 16.0 Å². The number of nitrogens with one attached hydrogen (secondary N) is 3. The van der Waals surface area contributed by atoms with Crippen molar-refractivity contribution in [2.24, 2.45) is 0 Å². The highest BCUT2D eigenvalue weighted by Gasteiger charge is 2.17. The molecule has 4 nitrogen and oxygen atoms in total. The molecule has 1 aliphatic rings. The second-order valence-electron chi connectivity index (χ2n) is 4.88. The Balaban J connectivity index is 2.14. The van der Waals surface area contributed by atoms with Gasteiger partial charge in [0, 0.05) is 18.1 Å². The maximum absolute atomic E-state index is 11.4. The van der Waals surface area contributed by atoms with E-state index in [1.54, 1.807) is 0 Å². The van der Waals surface area contributed by atoms with Crippen molar-refractivity contribution in [1.29, 1.82) is 0 Å². The Morgan fingerprint density at radius 2 is 2.21 bits per heavy atom. The van der Waals surface area contributed by atoms with Gasteiger partial charge in [-0.2, -0.15) is 0 Å². The standard InChI is InChI=1S/C10H21N3O/c1-10(2,3)13-9(14)12-7-8-5-4-6-11-8/h8,11H,4-7H2,1-3H3,(H2,12,13,14)/t8-/m1/s1. The average Bonchev–Trinajstić information content (AvgIpc) is 2.49. The second-order valence-corrected chi connectivity index (χ2v) is 4.88. The summed E-state index contributed by atoms with van der Waals surface area (Å²) in [5.74, 6) is 0. The average molecular weight is 199 g/mol. The highest BCUT2D eigenvalue weighted by molar-refractivity contribution is 5.74. The number of rotatable bonds is 2. The minimum absolute atomic E-state index is 0.0776. The molecule has 0 saturated carbocycles. The van der Waals surface area contributed by atoms with E-state index >= 15 is 0 Å². The second kappa shape index (κ2) is 4.64. The van der Waals surface area contributed by atoms with Crippen LogP contribution in [0, 0.1) is 0 Å². The molecule has 1 fully saturated rings. The number of urea groups is 1. The van der Waals surface area contributed by atoms with E-state index in [1.807, 2.05) is 20.8 Å². The normalized spacial score (nSPS) is 22.1. The topological polar surface area (TPSA) is 53.2 Å². The van der Waals surface area contributed by atoms with Crippen LogP contribution in [0.3, 0.4) is 0 Å². The van der Waals surface area contributed by atoms with Gasteiger partial charge in [0.05, 0.1) is 0 Å². The molecular formula is C10H21N3O. The Morgan fingerprint density at radius 3 is 2.71 bits per heavy atom. The summed E-state index contributed by atoms with van der Waals surface area (Å²) in [4.78, 5) is 11.4. The van der Waals surface area contributed by atoms with Crippen molar-refractivity contribution in [1.82, 2.24) is 16.0 Å². The Kier molecular flexibility index (Phi) is 3.75. The van der Waals surface area contributed by atoms with Crippen molar-refractivity contribution < 1.29 is 4.79 Å². The van der Waals surface area contributed by atoms with Crippen LogP contribution >= 0.6 is 0 Å². The molecule has 1 aliphatic heterocycles. The monoisotopic (exact) mass is 199 g/mol. The molecule has 0 radical (unpaired) electrons. The summed E-state index contributed by atoms with van der Waals surface area (Å²) in [6.45, 7) is 7.72. The summed E-state index contributed by atoms with van der Waals surface area (Å²) < 4.78 is 0. The van der Waals surface area contributed by atoms with Crippen LogP contribution in [0.1, 0.15) is 33.6 Å². The zero-order valence-electron chi connectivity index (χ0n) is 9.31. The lowest BCUT2D eigenvalue weighted by Crippen LogP contribution is -2.49. The van der Waals surface area contributed by atoms with Crippen LogP contribution in [0.5, 0.6) is 0 Å². The molecule has 0 bridgehead atoms. The fourth-order valence-electron chi connectivity index (χ4n) is 1.53. The van der Waals surface area contributed by atoms with E-state index in [1.165, 1.54) is 6.42 Å². The Hall–Kier alpha value is -0.770. The number of hydrogen-bond acceptors (Lipinski definition) is 2. The van der Waals surface area contributed by atoms with Crippen molar-refractivity contribution in [2.75, 3.05) is 13.1 Å². The van der Waals surface area contributed by atoms with Crippen LogP contribution in [0.25, 0.3) is 0 Å². The minimum atomic E-state index is -0.160. The molecule has 1 heterocycles. The van der Waals surface area contributed by atoms with Crippen molar-refractivity contribution >= 4 is 6.03 Å². The van der Waals surface area contributed by atoms with E-state index in [2.05, 4.69) is 16.0 Å². The van der Waals surface area contributed by atoms with Crippen molar-refractivity contribution in [3.63, 3.8) is 0 Å². The molecule has 0 aromatic carbocycles. The van der Waals surface area contributed by atoms with Gasteiger partial charge in [0.2, 0.25) is 0 Å². The van der Waals surface area contributed by atoms with E-state index in [4.69, 9.17) is 0 Å². The summed E-state index contributed by atoms with van der Waals surface area (Å²) in [5, 5.41) is 9.07. The molecule has 2 amide bonds. The van der Waals surface area contributed by atoms with Gasteiger partial charge in [0.15, 0.2) is 0 Å². The lowest BCUT2D eigenvalue weighted by Gasteiger charge is -2.21. The molecule has 0 unspecified atom stereocenters. The predicted octanol–water partition coefficient (Wildman–Crippen LogP) is 0.836. The first-order chi connectivity index (χ1) is 6.47. The highest BCUT2D eigenvalue weighted by atomic mass is 16.2. The third-order valence-corrected chi connectivity index (χ3v) is 2.16. The maximum Gasteiger partial charge on any atom is 0.315 e. The minimum Gasteiger partial charge on any atom is -0.337 e. The van der Waals surface area contributed by atoms with Gasteiger partial charge in [0.25, 0.3) is 0 Å². The van der Waals surface area contributed by atoms with Crippen molar-refractivity contribution in [3.05, 3.63) is 0 Å². The summed E-state index contributed by atoms with van der Waals surface area (Å²) in [6, 6.07) is 0.381. The molecule has 0 aromatic rings. The number of carbonyl (C=O) groups is 1. The van der Waals surface area contributed by atoms with E-state index in [0.717, 1.165) is 19.5 Å². The van der Waals surface area contributed by atoms with Crippen LogP contribution in [-0.2, 0) is 0 Å². The van der Waals surface area contributed by atoms with Gasteiger partial charge in [0.1, 0.15) is 0 Å². The number of amides is 2. The third-order valence-electron chi connectivity index (χ3n) is 2.16. The van der Waals surface area contributed by atoms with E-state index in [0.29, 0.717) is 6.04 Å². The zero-order valence-corrected chi connectivity index (χ0v) is 9.31. The van der Waals surface area contributed by atoms with Gasteiger partial charge in [-0.05, 0) is 40.2 Å².